The Hall–Kier alpha value is -3.57. The number of allylic oxidation sites excluding steroid dienone is 1. The van der Waals surface area contributed by atoms with Gasteiger partial charge in [0.15, 0.2) is 0 Å². The van der Waals surface area contributed by atoms with Crippen molar-refractivity contribution >= 4 is 28.8 Å². The Bertz CT molecular complexity index is 1350. The Labute approximate surface area is 226 Å². The second-order valence-electron chi connectivity index (χ2n) is 11.0. The summed E-state index contributed by atoms with van der Waals surface area (Å²) in [6, 6.07) is 5.78. The van der Waals surface area contributed by atoms with E-state index in [0.717, 1.165) is 11.9 Å². The minimum absolute atomic E-state index is 0.114. The molecule has 0 aliphatic carbocycles. The molecular weight excluding hydrogens is 502 g/mol. The fraction of sp³-hybridized carbons (Fsp3) is 0.536. The number of hydrogen-bond acceptors (Lipinski definition) is 8. The van der Waals surface area contributed by atoms with Crippen LogP contribution < -0.4 is 0 Å². The maximum atomic E-state index is 14.4. The van der Waals surface area contributed by atoms with Crippen LogP contribution in [0.4, 0.5) is 0 Å². The summed E-state index contributed by atoms with van der Waals surface area (Å²) in [5.41, 5.74) is 0.106. The molecule has 4 aliphatic rings. The number of cyclic esters (lactones) is 1. The SMILES string of the molecule is CC(C)C(CO)N1C(=O)[C@@H]2C3C(=O)OCCC/C=C\[C@H]3OC23C=CCN(Cn2nnc4ccccc42)C(=O)[C@@H]13. The summed E-state index contributed by atoms with van der Waals surface area (Å²) in [5, 5.41) is 18.8. The van der Waals surface area contributed by atoms with E-state index in [0.29, 0.717) is 11.9 Å². The first-order valence-corrected chi connectivity index (χ1v) is 13.6. The molecular formula is C28H33N5O6. The summed E-state index contributed by atoms with van der Waals surface area (Å²) in [6.07, 6.45) is 8.08. The third-order valence-electron chi connectivity index (χ3n) is 8.41. The van der Waals surface area contributed by atoms with Crippen LogP contribution in [0.5, 0.6) is 0 Å². The summed E-state index contributed by atoms with van der Waals surface area (Å²) in [7, 11) is 0. The maximum absolute atomic E-state index is 14.4. The number of amides is 2. The zero-order valence-corrected chi connectivity index (χ0v) is 22.1. The van der Waals surface area contributed by atoms with Crippen LogP contribution in [0, 0.1) is 17.8 Å². The van der Waals surface area contributed by atoms with Gasteiger partial charge in [-0.05, 0) is 30.9 Å². The van der Waals surface area contributed by atoms with E-state index in [2.05, 4.69) is 10.3 Å². The second-order valence-corrected chi connectivity index (χ2v) is 11.0. The number of nitrogens with zero attached hydrogens (tertiary/aromatic N) is 5. The van der Waals surface area contributed by atoms with Crippen molar-refractivity contribution in [1.29, 1.82) is 0 Å². The molecule has 1 aromatic carbocycles. The molecule has 11 heteroatoms. The van der Waals surface area contributed by atoms with Crippen molar-refractivity contribution in [2.45, 2.75) is 57.1 Å². The van der Waals surface area contributed by atoms with Gasteiger partial charge in [0, 0.05) is 6.54 Å². The zero-order valence-electron chi connectivity index (χ0n) is 22.1. The quantitative estimate of drug-likeness (QED) is 0.448. The standard InChI is InChI=1S/C28H33N5O6/c1-17(2)20(15-34)33-24-26(36)31(16-32-19-10-6-5-9-18(19)29-30-32)13-8-12-28(24)23(25(33)35)22-21(39-28)11-4-3-7-14-38-27(22)37/h4-6,8-12,17,20-24,34H,3,7,13-16H2,1-2H3/b11-4-/t20?,21-,22?,23+,24-,28?/m1/s1. The summed E-state index contributed by atoms with van der Waals surface area (Å²) in [5.74, 6) is -3.21. The van der Waals surface area contributed by atoms with E-state index in [1.165, 1.54) is 4.90 Å². The number of likely N-dealkylation sites (tertiary alicyclic amines) is 1. The zero-order chi connectivity index (χ0) is 27.3. The molecule has 39 heavy (non-hydrogen) atoms. The minimum Gasteiger partial charge on any atom is -0.465 e. The van der Waals surface area contributed by atoms with Crippen LogP contribution in [0.25, 0.3) is 11.0 Å². The molecule has 11 nitrogen and oxygen atoms in total. The largest absolute Gasteiger partial charge is 0.465 e. The van der Waals surface area contributed by atoms with Crippen LogP contribution in [0.3, 0.4) is 0 Å². The molecule has 2 amide bonds. The normalized spacial score (nSPS) is 32.3. The lowest BCUT2D eigenvalue weighted by molar-refractivity contribution is -0.157. The number of aromatic nitrogens is 3. The van der Waals surface area contributed by atoms with Gasteiger partial charge < -0.3 is 24.4 Å². The van der Waals surface area contributed by atoms with Gasteiger partial charge in [-0.3, -0.25) is 14.4 Å². The smallest absolute Gasteiger partial charge is 0.312 e. The Kier molecular flexibility index (Phi) is 6.50. The molecule has 1 aromatic heterocycles. The Balaban J connectivity index is 1.44. The molecule has 1 spiro atoms. The van der Waals surface area contributed by atoms with E-state index in [1.54, 1.807) is 15.7 Å². The highest BCUT2D eigenvalue weighted by Gasteiger charge is 2.72. The number of esters is 1. The monoisotopic (exact) mass is 535 g/mol. The van der Waals surface area contributed by atoms with Gasteiger partial charge in [0.1, 0.15) is 29.7 Å². The molecule has 0 saturated carbocycles. The molecule has 0 bridgehead atoms. The van der Waals surface area contributed by atoms with Crippen molar-refractivity contribution in [2.24, 2.45) is 17.8 Å². The van der Waals surface area contributed by atoms with Crippen molar-refractivity contribution < 1.29 is 29.0 Å². The van der Waals surface area contributed by atoms with Gasteiger partial charge in [-0.2, -0.15) is 0 Å². The van der Waals surface area contributed by atoms with Gasteiger partial charge in [0.05, 0.1) is 36.8 Å². The van der Waals surface area contributed by atoms with Gasteiger partial charge >= 0.3 is 5.97 Å². The van der Waals surface area contributed by atoms with Gasteiger partial charge in [0.2, 0.25) is 5.91 Å². The first-order chi connectivity index (χ1) is 18.9. The Morgan fingerprint density at radius 2 is 1.97 bits per heavy atom. The number of carbonyl (C=O) groups is 3. The van der Waals surface area contributed by atoms with Crippen LogP contribution in [-0.2, 0) is 30.5 Å². The van der Waals surface area contributed by atoms with E-state index in [-0.39, 0.29) is 44.2 Å². The highest BCUT2D eigenvalue weighted by atomic mass is 16.6. The van der Waals surface area contributed by atoms with Gasteiger partial charge in [0.25, 0.3) is 5.91 Å². The van der Waals surface area contributed by atoms with Gasteiger partial charge in [-0.15, -0.1) is 5.10 Å². The number of fused-ring (bicyclic) bond motifs is 3. The van der Waals surface area contributed by atoms with Crippen molar-refractivity contribution in [1.82, 2.24) is 24.8 Å². The van der Waals surface area contributed by atoms with Crippen LogP contribution in [-0.4, -0.2) is 91.2 Å². The van der Waals surface area contributed by atoms with Crippen molar-refractivity contribution in [2.75, 3.05) is 19.8 Å². The molecule has 0 radical (unpaired) electrons. The lowest BCUT2D eigenvalue weighted by Gasteiger charge is -2.39. The van der Waals surface area contributed by atoms with Crippen LogP contribution in [0.1, 0.15) is 26.7 Å². The molecule has 5 heterocycles. The van der Waals surface area contributed by atoms with E-state index in [9.17, 15) is 19.5 Å². The molecule has 1 N–H and O–H groups in total. The average molecular weight is 536 g/mol. The molecule has 3 unspecified atom stereocenters. The van der Waals surface area contributed by atoms with Crippen LogP contribution >= 0.6 is 0 Å². The summed E-state index contributed by atoms with van der Waals surface area (Å²) >= 11 is 0. The van der Waals surface area contributed by atoms with E-state index < -0.39 is 41.6 Å². The first kappa shape index (κ1) is 25.7. The minimum atomic E-state index is -1.38. The highest BCUT2D eigenvalue weighted by molar-refractivity contribution is 5.99. The molecule has 2 aromatic rings. The summed E-state index contributed by atoms with van der Waals surface area (Å²) in [6.45, 7) is 4.09. The van der Waals surface area contributed by atoms with Crippen molar-refractivity contribution in [3.8, 4) is 0 Å². The van der Waals surface area contributed by atoms with Crippen molar-refractivity contribution in [3.63, 3.8) is 0 Å². The Morgan fingerprint density at radius 1 is 1.15 bits per heavy atom. The topological polar surface area (TPSA) is 127 Å². The number of rotatable bonds is 5. The van der Waals surface area contributed by atoms with E-state index >= 15 is 0 Å². The third kappa shape index (κ3) is 3.98. The predicted molar refractivity (Wildman–Crippen MR) is 139 cm³/mol. The molecule has 6 rings (SSSR count). The summed E-state index contributed by atoms with van der Waals surface area (Å²) < 4.78 is 13.8. The third-order valence-corrected chi connectivity index (χ3v) is 8.41. The molecule has 206 valence electrons. The van der Waals surface area contributed by atoms with E-state index in [4.69, 9.17) is 9.47 Å². The number of para-hydroxylation sites is 1. The lowest BCUT2D eigenvalue weighted by Crippen LogP contribution is -2.59. The van der Waals surface area contributed by atoms with Crippen LogP contribution in [0.15, 0.2) is 48.6 Å². The number of aliphatic hydroxyl groups excluding tert-OH is 1. The van der Waals surface area contributed by atoms with Gasteiger partial charge in [-0.25, -0.2) is 4.68 Å². The average Bonchev–Trinajstić information content (AvgIpc) is 3.52. The summed E-state index contributed by atoms with van der Waals surface area (Å²) in [4.78, 5) is 45.1. The number of benzene rings is 1. The molecule has 6 atom stereocenters. The molecule has 4 aliphatic heterocycles. The number of carbonyl (C=O) groups excluding carboxylic acids is 3. The lowest BCUT2D eigenvalue weighted by atomic mass is 9.78. The predicted octanol–water partition coefficient (Wildman–Crippen LogP) is 1.28. The van der Waals surface area contributed by atoms with Gasteiger partial charge in [-0.1, -0.05) is 55.5 Å². The molecule has 2 saturated heterocycles. The Morgan fingerprint density at radius 3 is 2.77 bits per heavy atom. The fourth-order valence-electron chi connectivity index (χ4n) is 6.53. The number of aliphatic hydroxyl groups is 1. The highest BCUT2D eigenvalue weighted by Crippen LogP contribution is 2.54. The van der Waals surface area contributed by atoms with Crippen LogP contribution in [0.2, 0.25) is 0 Å². The van der Waals surface area contributed by atoms with Crippen molar-refractivity contribution in [3.05, 3.63) is 48.6 Å². The number of hydrogen-bond donors (Lipinski definition) is 1. The second kappa shape index (κ2) is 9.87. The molecule has 2 fully saturated rings. The fourth-order valence-corrected chi connectivity index (χ4v) is 6.53. The van der Waals surface area contributed by atoms with E-state index in [1.807, 2.05) is 56.3 Å². The maximum Gasteiger partial charge on any atom is 0.312 e. The first-order valence-electron chi connectivity index (χ1n) is 13.6. The number of ether oxygens (including phenoxy) is 2.